The zero-order chi connectivity index (χ0) is 11.8. The van der Waals surface area contributed by atoms with Gasteiger partial charge in [0.05, 0.1) is 5.71 Å². The van der Waals surface area contributed by atoms with Crippen LogP contribution in [-0.2, 0) is 0 Å². The van der Waals surface area contributed by atoms with Crippen molar-refractivity contribution in [3.8, 4) is 0 Å². The summed E-state index contributed by atoms with van der Waals surface area (Å²) in [6, 6.07) is 0. The van der Waals surface area contributed by atoms with Crippen LogP contribution in [0.5, 0.6) is 0 Å². The van der Waals surface area contributed by atoms with Gasteiger partial charge in [0.15, 0.2) is 0 Å². The van der Waals surface area contributed by atoms with E-state index in [1.165, 1.54) is 5.57 Å². The lowest BCUT2D eigenvalue weighted by Crippen LogP contribution is -2.48. The Labute approximate surface area is 125 Å². The third-order valence-corrected chi connectivity index (χ3v) is 3.60. The smallest absolute Gasteiger partial charge is 0.134 e. The van der Waals surface area contributed by atoms with Gasteiger partial charge in [0.25, 0.3) is 0 Å². The molecule has 0 aromatic heterocycles. The van der Waals surface area contributed by atoms with Crippen LogP contribution >= 0.6 is 24.8 Å². The Balaban J connectivity index is 0.000000902. The number of hydrogen-bond acceptors (Lipinski definition) is 5. The van der Waals surface area contributed by atoms with Crippen molar-refractivity contribution in [2.75, 3.05) is 32.8 Å². The Kier molecular flexibility index (Phi) is 5.80. The fourth-order valence-electron chi connectivity index (χ4n) is 2.76. The molecule has 108 valence electrons. The first kappa shape index (κ1) is 16.4. The molecule has 0 amide bonds. The molecule has 2 aliphatic heterocycles. The van der Waals surface area contributed by atoms with E-state index in [1.54, 1.807) is 0 Å². The highest BCUT2D eigenvalue weighted by Gasteiger charge is 2.34. The fraction of sp³-hybridized carbons (Fsp3) is 0.667. The number of piperazine rings is 1. The van der Waals surface area contributed by atoms with Crippen molar-refractivity contribution in [1.82, 2.24) is 10.2 Å². The van der Waals surface area contributed by atoms with Crippen LogP contribution in [0.2, 0.25) is 0 Å². The largest absolute Gasteiger partial charge is 0.386 e. The second kappa shape index (κ2) is 6.70. The van der Waals surface area contributed by atoms with Gasteiger partial charge in [-0.15, -0.1) is 24.8 Å². The first-order valence-corrected chi connectivity index (χ1v) is 6.20. The van der Waals surface area contributed by atoms with Gasteiger partial charge in [-0.05, 0) is 6.92 Å². The number of fused-ring (bicyclic) bond motifs is 1. The summed E-state index contributed by atoms with van der Waals surface area (Å²) in [5, 5.41) is 13.3. The van der Waals surface area contributed by atoms with Crippen LogP contribution in [0.4, 0.5) is 0 Å². The Bertz CT molecular complexity index is 427. The molecule has 1 aliphatic carbocycles. The predicted octanol–water partition coefficient (Wildman–Crippen LogP) is 0.627. The third-order valence-electron chi connectivity index (χ3n) is 3.60. The number of hydrogen-bond donors (Lipinski definition) is 2. The highest BCUT2D eigenvalue weighted by molar-refractivity contribution is 6.27. The highest BCUT2D eigenvalue weighted by Crippen LogP contribution is 2.28. The SMILES string of the molecule is CC1=C2C(=NCN=C2N2CCNCC2)[C@H](O)C1.Cl.Cl. The van der Waals surface area contributed by atoms with Gasteiger partial charge in [-0.2, -0.15) is 0 Å². The number of amidine groups is 1. The van der Waals surface area contributed by atoms with E-state index in [0.29, 0.717) is 13.1 Å². The molecule has 0 spiro atoms. The van der Waals surface area contributed by atoms with Crippen LogP contribution in [-0.4, -0.2) is 60.5 Å². The summed E-state index contributed by atoms with van der Waals surface area (Å²) in [7, 11) is 0. The van der Waals surface area contributed by atoms with Crippen molar-refractivity contribution in [3.63, 3.8) is 0 Å². The Morgan fingerprint density at radius 2 is 1.89 bits per heavy atom. The minimum Gasteiger partial charge on any atom is -0.386 e. The maximum Gasteiger partial charge on any atom is 0.134 e. The second-order valence-corrected chi connectivity index (χ2v) is 4.78. The number of nitrogens with one attached hydrogen (secondary N) is 1. The molecule has 1 fully saturated rings. The molecule has 19 heavy (non-hydrogen) atoms. The van der Waals surface area contributed by atoms with Crippen molar-refractivity contribution >= 4 is 36.4 Å². The lowest BCUT2D eigenvalue weighted by atomic mass is 10.1. The normalized spacial score (nSPS) is 26.0. The number of halogens is 2. The highest BCUT2D eigenvalue weighted by atomic mass is 35.5. The maximum atomic E-state index is 9.95. The van der Waals surface area contributed by atoms with Gasteiger partial charge in [-0.1, -0.05) is 5.57 Å². The summed E-state index contributed by atoms with van der Waals surface area (Å²) in [6.07, 6.45) is 0.289. The Morgan fingerprint density at radius 1 is 1.21 bits per heavy atom. The molecule has 2 heterocycles. The summed E-state index contributed by atoms with van der Waals surface area (Å²) in [4.78, 5) is 11.2. The van der Waals surface area contributed by atoms with Crippen LogP contribution in [0.25, 0.3) is 0 Å². The lowest BCUT2D eigenvalue weighted by molar-refractivity contribution is 0.247. The van der Waals surface area contributed by atoms with Gasteiger partial charge >= 0.3 is 0 Å². The van der Waals surface area contributed by atoms with E-state index < -0.39 is 6.10 Å². The molecular formula is C12H20Cl2N4O. The molecule has 0 aromatic carbocycles. The average molecular weight is 307 g/mol. The zero-order valence-corrected chi connectivity index (χ0v) is 12.6. The monoisotopic (exact) mass is 306 g/mol. The number of nitrogens with zero attached hydrogens (tertiary/aromatic N) is 3. The molecule has 7 heteroatoms. The maximum absolute atomic E-state index is 9.95. The van der Waals surface area contributed by atoms with Crippen molar-refractivity contribution in [1.29, 1.82) is 0 Å². The Morgan fingerprint density at radius 3 is 2.58 bits per heavy atom. The van der Waals surface area contributed by atoms with Crippen LogP contribution in [0.1, 0.15) is 13.3 Å². The number of aliphatic imine (C=N–C) groups is 2. The molecule has 1 saturated heterocycles. The quantitative estimate of drug-likeness (QED) is 0.690. The van der Waals surface area contributed by atoms with E-state index >= 15 is 0 Å². The first-order chi connectivity index (χ1) is 8.27. The van der Waals surface area contributed by atoms with E-state index in [0.717, 1.165) is 43.3 Å². The van der Waals surface area contributed by atoms with Crippen LogP contribution in [0.15, 0.2) is 21.1 Å². The molecule has 0 radical (unpaired) electrons. The van der Waals surface area contributed by atoms with Gasteiger partial charge in [0.2, 0.25) is 0 Å². The summed E-state index contributed by atoms with van der Waals surface area (Å²) < 4.78 is 0. The lowest BCUT2D eigenvalue weighted by Gasteiger charge is -2.32. The minimum absolute atomic E-state index is 0. The van der Waals surface area contributed by atoms with Gasteiger partial charge in [0.1, 0.15) is 18.6 Å². The van der Waals surface area contributed by atoms with E-state index in [2.05, 4.69) is 27.1 Å². The number of aliphatic hydroxyl groups is 1. The summed E-state index contributed by atoms with van der Waals surface area (Å²) in [6.45, 7) is 6.51. The van der Waals surface area contributed by atoms with Gasteiger partial charge in [-0.25, -0.2) is 4.99 Å². The zero-order valence-electron chi connectivity index (χ0n) is 10.9. The molecule has 0 bridgehead atoms. The topological polar surface area (TPSA) is 60.2 Å². The van der Waals surface area contributed by atoms with Crippen LogP contribution in [0.3, 0.4) is 0 Å². The minimum atomic E-state index is -0.418. The fourth-order valence-corrected chi connectivity index (χ4v) is 2.76. The summed E-state index contributed by atoms with van der Waals surface area (Å²) in [5.74, 6) is 1.05. The van der Waals surface area contributed by atoms with Crippen molar-refractivity contribution in [3.05, 3.63) is 11.1 Å². The van der Waals surface area contributed by atoms with Crippen LogP contribution in [0, 0.1) is 0 Å². The van der Waals surface area contributed by atoms with Crippen molar-refractivity contribution in [2.45, 2.75) is 19.4 Å². The van der Waals surface area contributed by atoms with Gasteiger partial charge < -0.3 is 15.3 Å². The molecule has 0 saturated carbocycles. The van der Waals surface area contributed by atoms with Crippen LogP contribution < -0.4 is 5.32 Å². The molecule has 5 nitrogen and oxygen atoms in total. The molecule has 2 N–H and O–H groups in total. The van der Waals surface area contributed by atoms with Crippen molar-refractivity contribution in [2.24, 2.45) is 9.98 Å². The second-order valence-electron chi connectivity index (χ2n) is 4.78. The standard InChI is InChI=1S/C12H18N4O.2ClH/c1-8-6-9(17)11-10(8)12(15-7-14-11)16-4-2-13-3-5-16;;/h9,13,17H,2-7H2,1H3;2*1H/t9-;;/m1../s1. The summed E-state index contributed by atoms with van der Waals surface area (Å²) >= 11 is 0. The Hall–Kier alpha value is -0.620. The van der Waals surface area contributed by atoms with E-state index in [-0.39, 0.29) is 24.8 Å². The predicted molar refractivity (Wildman–Crippen MR) is 82.0 cm³/mol. The average Bonchev–Trinajstić information content (AvgIpc) is 2.66. The molecule has 1 atom stereocenters. The molecule has 3 aliphatic rings. The first-order valence-electron chi connectivity index (χ1n) is 6.20. The third kappa shape index (κ3) is 2.94. The number of rotatable bonds is 0. The van der Waals surface area contributed by atoms with E-state index in [9.17, 15) is 5.11 Å². The van der Waals surface area contributed by atoms with E-state index in [4.69, 9.17) is 0 Å². The number of aliphatic hydroxyl groups excluding tert-OH is 1. The van der Waals surface area contributed by atoms with Gasteiger partial charge in [-0.3, -0.25) is 4.99 Å². The molecule has 0 aromatic rings. The molecule has 3 rings (SSSR count). The molecule has 0 unspecified atom stereocenters. The van der Waals surface area contributed by atoms with E-state index in [1.807, 2.05) is 0 Å². The van der Waals surface area contributed by atoms with Gasteiger partial charge in [0, 0.05) is 38.2 Å². The summed E-state index contributed by atoms with van der Waals surface area (Å²) in [5.41, 5.74) is 3.17. The molecular weight excluding hydrogens is 287 g/mol. The van der Waals surface area contributed by atoms with Crippen molar-refractivity contribution < 1.29 is 5.11 Å².